The van der Waals surface area contributed by atoms with Crippen molar-refractivity contribution in [3.8, 4) is 0 Å². The number of benzene rings is 1. The lowest BCUT2D eigenvalue weighted by atomic mass is 10.0. The molecule has 0 aromatic heterocycles. The smallest absolute Gasteiger partial charge is 0.251 e. The van der Waals surface area contributed by atoms with Gasteiger partial charge in [0.1, 0.15) is 0 Å². The summed E-state index contributed by atoms with van der Waals surface area (Å²) in [6.07, 6.45) is 3.01. The van der Waals surface area contributed by atoms with E-state index in [0.717, 1.165) is 43.2 Å². The van der Waals surface area contributed by atoms with Gasteiger partial charge in [-0.15, -0.1) is 0 Å². The first-order chi connectivity index (χ1) is 11.3. The Labute approximate surface area is 144 Å². The Bertz CT molecular complexity index is 665. The van der Waals surface area contributed by atoms with Crippen molar-refractivity contribution in [1.82, 2.24) is 14.5 Å². The molecule has 0 spiro atoms. The molecule has 0 bridgehead atoms. The van der Waals surface area contributed by atoms with Gasteiger partial charge in [-0.2, -0.15) is 0 Å². The van der Waals surface area contributed by atoms with Crippen LogP contribution in [0.15, 0.2) is 29.2 Å². The molecule has 134 valence electrons. The zero-order valence-electron chi connectivity index (χ0n) is 14.7. The van der Waals surface area contributed by atoms with E-state index in [4.69, 9.17) is 0 Å². The largest absolute Gasteiger partial charge is 0.349 e. The molecule has 0 radical (unpaired) electrons. The highest BCUT2D eigenvalue weighted by atomic mass is 32.2. The van der Waals surface area contributed by atoms with Gasteiger partial charge in [-0.1, -0.05) is 13.0 Å². The lowest BCUT2D eigenvalue weighted by Gasteiger charge is -2.32. The molecule has 1 aliphatic rings. The maximum absolute atomic E-state index is 12.4. The quantitative estimate of drug-likeness (QED) is 0.842. The first-order valence-electron chi connectivity index (χ1n) is 8.40. The number of hydrogen-bond donors (Lipinski definition) is 1. The third-order valence-corrected chi connectivity index (χ3v) is 6.15. The molecule has 0 unspecified atom stereocenters. The minimum atomic E-state index is -3.53. The van der Waals surface area contributed by atoms with E-state index in [0.29, 0.717) is 5.56 Å². The van der Waals surface area contributed by atoms with Crippen molar-refractivity contribution >= 4 is 15.9 Å². The molecule has 24 heavy (non-hydrogen) atoms. The van der Waals surface area contributed by atoms with E-state index >= 15 is 0 Å². The van der Waals surface area contributed by atoms with Gasteiger partial charge >= 0.3 is 0 Å². The standard InChI is InChI=1S/C17H27N3O3S/c1-4-10-20-11-8-15(9-12-20)18-17(21)14-6-5-7-16(13-14)24(22,23)19(2)3/h5-7,13,15H,4,8-12H2,1-3H3,(H,18,21). The van der Waals surface area contributed by atoms with Crippen LogP contribution in [0.1, 0.15) is 36.5 Å². The van der Waals surface area contributed by atoms with Gasteiger partial charge in [0.2, 0.25) is 10.0 Å². The van der Waals surface area contributed by atoms with Crippen LogP contribution in [0.3, 0.4) is 0 Å². The number of likely N-dealkylation sites (tertiary alicyclic amines) is 1. The maximum atomic E-state index is 12.4. The molecule has 0 saturated carbocycles. The highest BCUT2D eigenvalue weighted by Crippen LogP contribution is 2.16. The van der Waals surface area contributed by atoms with E-state index in [-0.39, 0.29) is 16.8 Å². The molecular formula is C17H27N3O3S. The highest BCUT2D eigenvalue weighted by molar-refractivity contribution is 7.89. The van der Waals surface area contributed by atoms with E-state index in [9.17, 15) is 13.2 Å². The van der Waals surface area contributed by atoms with Crippen LogP contribution >= 0.6 is 0 Å². The fraction of sp³-hybridized carbons (Fsp3) is 0.588. The molecule has 1 aromatic carbocycles. The second-order valence-corrected chi connectivity index (χ2v) is 8.56. The topological polar surface area (TPSA) is 69.7 Å². The van der Waals surface area contributed by atoms with E-state index < -0.39 is 10.0 Å². The predicted octanol–water partition coefficient (Wildman–Crippen LogP) is 1.54. The number of carbonyl (C=O) groups excluding carboxylic acids is 1. The third kappa shape index (κ3) is 4.55. The molecule has 0 atom stereocenters. The van der Waals surface area contributed by atoms with Gasteiger partial charge in [-0.3, -0.25) is 4.79 Å². The third-order valence-electron chi connectivity index (χ3n) is 4.34. The molecule has 1 fully saturated rings. The summed E-state index contributed by atoms with van der Waals surface area (Å²) in [7, 11) is -0.576. The van der Waals surface area contributed by atoms with Crippen molar-refractivity contribution < 1.29 is 13.2 Å². The van der Waals surface area contributed by atoms with Gasteiger partial charge in [0.05, 0.1) is 4.90 Å². The molecule has 1 amide bonds. The first kappa shape index (κ1) is 18.9. The fourth-order valence-electron chi connectivity index (χ4n) is 2.89. The van der Waals surface area contributed by atoms with Gasteiger partial charge in [0, 0.05) is 38.8 Å². The van der Waals surface area contributed by atoms with Crippen LogP contribution in [0.5, 0.6) is 0 Å². The molecule has 7 heteroatoms. The number of piperidine rings is 1. The Hall–Kier alpha value is -1.44. The summed E-state index contributed by atoms with van der Waals surface area (Å²) in [5, 5.41) is 3.03. The summed E-state index contributed by atoms with van der Waals surface area (Å²) in [5.74, 6) is -0.209. The van der Waals surface area contributed by atoms with Gasteiger partial charge in [-0.25, -0.2) is 12.7 Å². The number of amides is 1. The summed E-state index contributed by atoms with van der Waals surface area (Å²) in [6, 6.07) is 6.36. The Morgan fingerprint density at radius 1 is 1.29 bits per heavy atom. The molecule has 2 rings (SSSR count). The first-order valence-corrected chi connectivity index (χ1v) is 9.84. The Morgan fingerprint density at radius 3 is 2.54 bits per heavy atom. The molecule has 1 saturated heterocycles. The molecule has 1 aromatic rings. The summed E-state index contributed by atoms with van der Waals surface area (Å²) < 4.78 is 25.5. The van der Waals surface area contributed by atoms with Crippen molar-refractivity contribution in [2.24, 2.45) is 0 Å². The van der Waals surface area contributed by atoms with Crippen LogP contribution in [0.25, 0.3) is 0 Å². The Balaban J connectivity index is 2.01. The Morgan fingerprint density at radius 2 is 1.96 bits per heavy atom. The molecule has 6 nitrogen and oxygen atoms in total. The monoisotopic (exact) mass is 353 g/mol. The zero-order valence-corrected chi connectivity index (χ0v) is 15.5. The van der Waals surface area contributed by atoms with Crippen molar-refractivity contribution in [2.75, 3.05) is 33.7 Å². The van der Waals surface area contributed by atoms with Crippen molar-refractivity contribution in [3.05, 3.63) is 29.8 Å². The molecule has 0 aliphatic carbocycles. The van der Waals surface area contributed by atoms with Gasteiger partial charge in [-0.05, 0) is 44.0 Å². The van der Waals surface area contributed by atoms with E-state index in [1.54, 1.807) is 12.1 Å². The number of hydrogen-bond acceptors (Lipinski definition) is 4. The van der Waals surface area contributed by atoms with Crippen molar-refractivity contribution in [3.63, 3.8) is 0 Å². The fourth-order valence-corrected chi connectivity index (χ4v) is 3.84. The lowest BCUT2D eigenvalue weighted by molar-refractivity contribution is 0.0911. The summed E-state index contributed by atoms with van der Waals surface area (Å²) >= 11 is 0. The second kappa shape index (κ2) is 8.09. The number of nitrogens with zero attached hydrogens (tertiary/aromatic N) is 2. The lowest BCUT2D eigenvalue weighted by Crippen LogP contribution is -2.44. The average molecular weight is 353 g/mol. The molecular weight excluding hydrogens is 326 g/mol. The number of rotatable bonds is 6. The van der Waals surface area contributed by atoms with Crippen molar-refractivity contribution in [2.45, 2.75) is 37.1 Å². The minimum Gasteiger partial charge on any atom is -0.349 e. The second-order valence-electron chi connectivity index (χ2n) is 6.40. The summed E-state index contributed by atoms with van der Waals surface area (Å²) in [6.45, 7) is 5.26. The summed E-state index contributed by atoms with van der Waals surface area (Å²) in [4.78, 5) is 15.0. The molecule has 1 heterocycles. The van der Waals surface area contributed by atoms with Crippen LogP contribution in [0.4, 0.5) is 0 Å². The van der Waals surface area contributed by atoms with E-state index in [2.05, 4.69) is 17.1 Å². The number of nitrogens with one attached hydrogen (secondary N) is 1. The highest BCUT2D eigenvalue weighted by Gasteiger charge is 2.22. The summed E-state index contributed by atoms with van der Waals surface area (Å²) in [5.41, 5.74) is 0.383. The van der Waals surface area contributed by atoms with E-state index in [1.807, 2.05) is 0 Å². The maximum Gasteiger partial charge on any atom is 0.251 e. The van der Waals surface area contributed by atoms with Crippen LogP contribution in [0, 0.1) is 0 Å². The zero-order chi connectivity index (χ0) is 17.7. The van der Waals surface area contributed by atoms with Crippen molar-refractivity contribution in [1.29, 1.82) is 0 Å². The average Bonchev–Trinajstić information content (AvgIpc) is 2.57. The van der Waals surface area contributed by atoms with Gasteiger partial charge in [0.15, 0.2) is 0 Å². The van der Waals surface area contributed by atoms with E-state index in [1.165, 1.54) is 26.2 Å². The SMILES string of the molecule is CCCN1CCC(NC(=O)c2cccc(S(=O)(=O)N(C)C)c2)CC1. The normalized spacial score (nSPS) is 17.2. The molecule has 1 aliphatic heterocycles. The predicted molar refractivity (Wildman–Crippen MR) is 94.5 cm³/mol. The van der Waals surface area contributed by atoms with Crippen LogP contribution < -0.4 is 5.32 Å². The van der Waals surface area contributed by atoms with Crippen LogP contribution in [-0.4, -0.2) is 63.3 Å². The van der Waals surface area contributed by atoms with Crippen LogP contribution in [0.2, 0.25) is 0 Å². The van der Waals surface area contributed by atoms with Gasteiger partial charge < -0.3 is 10.2 Å². The minimum absolute atomic E-state index is 0.137. The van der Waals surface area contributed by atoms with Crippen LogP contribution in [-0.2, 0) is 10.0 Å². The number of carbonyl (C=O) groups is 1. The number of sulfonamides is 1. The van der Waals surface area contributed by atoms with Gasteiger partial charge in [0.25, 0.3) is 5.91 Å². The molecule has 1 N–H and O–H groups in total. The Kier molecular flexibility index (Phi) is 6.37.